The zero-order valence-electron chi connectivity index (χ0n) is 16.2. The van der Waals surface area contributed by atoms with Crippen LogP contribution in [0.5, 0.6) is 0 Å². The fraction of sp³-hybridized carbons (Fsp3) is 0.882. The average Bonchev–Trinajstić information content (AvgIpc) is 2.58. The molecule has 3 N–H and O–H groups in total. The number of methoxy groups -OCH3 is 1. The SMILES string of the molecule is CCNC(=NCC(=O)NCCOC)NCC(C)(C)N1CCCCC1.I. The first-order valence-electron chi connectivity index (χ1n) is 9.02. The van der Waals surface area contributed by atoms with Crippen molar-refractivity contribution in [3.05, 3.63) is 0 Å². The molecule has 1 rings (SSSR count). The number of carbonyl (C=O) groups is 1. The molecule has 0 atom stereocenters. The van der Waals surface area contributed by atoms with Gasteiger partial charge in [0.25, 0.3) is 0 Å². The monoisotopic (exact) mass is 469 g/mol. The van der Waals surface area contributed by atoms with Crippen LogP contribution in [0.1, 0.15) is 40.0 Å². The third kappa shape index (κ3) is 10.2. The highest BCUT2D eigenvalue weighted by atomic mass is 127. The lowest BCUT2D eigenvalue weighted by Crippen LogP contribution is -2.55. The van der Waals surface area contributed by atoms with E-state index in [1.807, 2.05) is 6.92 Å². The standard InChI is InChI=1S/C17H35N5O2.HI/c1-5-18-16(20-13-15(23)19-9-12-24-4)21-14-17(2,3)22-10-7-6-8-11-22;/h5-14H2,1-4H3,(H,19,23)(H2,18,20,21);1H. The van der Waals surface area contributed by atoms with Gasteiger partial charge in [-0.1, -0.05) is 6.42 Å². The summed E-state index contributed by atoms with van der Waals surface area (Å²) < 4.78 is 4.91. The quantitative estimate of drug-likeness (QED) is 0.205. The van der Waals surface area contributed by atoms with E-state index in [9.17, 15) is 4.79 Å². The molecule has 148 valence electrons. The van der Waals surface area contributed by atoms with Crippen LogP contribution in [0.25, 0.3) is 0 Å². The van der Waals surface area contributed by atoms with Gasteiger partial charge in [0.15, 0.2) is 5.96 Å². The molecule has 0 aromatic heterocycles. The number of nitrogens with zero attached hydrogens (tertiary/aromatic N) is 2. The summed E-state index contributed by atoms with van der Waals surface area (Å²) in [5.41, 5.74) is 0.0668. The average molecular weight is 469 g/mol. The molecule has 1 amide bonds. The molecule has 1 fully saturated rings. The second-order valence-corrected chi connectivity index (χ2v) is 6.75. The van der Waals surface area contributed by atoms with Crippen LogP contribution in [0.15, 0.2) is 4.99 Å². The van der Waals surface area contributed by atoms with Gasteiger partial charge < -0.3 is 20.7 Å². The van der Waals surface area contributed by atoms with Crippen LogP contribution in [-0.2, 0) is 9.53 Å². The molecule has 0 aromatic carbocycles. The van der Waals surface area contributed by atoms with Crippen LogP contribution in [-0.4, -0.2) is 75.3 Å². The van der Waals surface area contributed by atoms with Crippen LogP contribution in [0.2, 0.25) is 0 Å². The van der Waals surface area contributed by atoms with Crippen LogP contribution in [0.4, 0.5) is 0 Å². The fourth-order valence-electron chi connectivity index (χ4n) is 2.75. The third-order valence-electron chi connectivity index (χ3n) is 4.25. The Hall–Kier alpha value is -0.610. The number of hydrogen-bond acceptors (Lipinski definition) is 4. The van der Waals surface area contributed by atoms with Crippen LogP contribution in [0.3, 0.4) is 0 Å². The Bertz CT molecular complexity index is 398. The zero-order valence-corrected chi connectivity index (χ0v) is 18.5. The smallest absolute Gasteiger partial charge is 0.241 e. The number of likely N-dealkylation sites (tertiary alicyclic amines) is 1. The summed E-state index contributed by atoms with van der Waals surface area (Å²) in [6.45, 7) is 11.5. The van der Waals surface area contributed by atoms with Gasteiger partial charge in [0.05, 0.1) is 6.61 Å². The van der Waals surface area contributed by atoms with Gasteiger partial charge in [-0.3, -0.25) is 9.69 Å². The minimum atomic E-state index is -0.0976. The molecule has 25 heavy (non-hydrogen) atoms. The molecule has 1 aliphatic rings. The molecule has 1 saturated heterocycles. The Morgan fingerprint density at radius 2 is 1.84 bits per heavy atom. The van der Waals surface area contributed by atoms with E-state index in [1.165, 1.54) is 19.3 Å². The number of guanidine groups is 1. The second-order valence-electron chi connectivity index (χ2n) is 6.75. The minimum Gasteiger partial charge on any atom is -0.383 e. The molecule has 0 bridgehead atoms. The van der Waals surface area contributed by atoms with Crippen LogP contribution < -0.4 is 16.0 Å². The maximum absolute atomic E-state index is 11.7. The van der Waals surface area contributed by atoms with Crippen molar-refractivity contribution in [3.63, 3.8) is 0 Å². The summed E-state index contributed by atoms with van der Waals surface area (Å²) in [7, 11) is 1.61. The normalized spacial score (nSPS) is 16.1. The molecule has 1 aliphatic heterocycles. The Kier molecular flexibility index (Phi) is 13.2. The molecule has 0 aromatic rings. The van der Waals surface area contributed by atoms with Gasteiger partial charge in [0.1, 0.15) is 6.54 Å². The van der Waals surface area contributed by atoms with Crippen LogP contribution in [0, 0.1) is 0 Å². The number of amides is 1. The molecular weight excluding hydrogens is 433 g/mol. The maximum Gasteiger partial charge on any atom is 0.241 e. The van der Waals surface area contributed by atoms with Gasteiger partial charge in [0, 0.05) is 32.3 Å². The molecule has 0 unspecified atom stereocenters. The number of nitrogens with one attached hydrogen (secondary N) is 3. The molecule has 0 spiro atoms. The number of halogens is 1. The summed E-state index contributed by atoms with van der Waals surface area (Å²) in [5.74, 6) is 0.587. The van der Waals surface area contributed by atoms with Crippen molar-refractivity contribution in [1.29, 1.82) is 0 Å². The molecule has 0 saturated carbocycles. The summed E-state index contributed by atoms with van der Waals surface area (Å²) in [6.07, 6.45) is 3.89. The Labute approximate surface area is 169 Å². The number of rotatable bonds is 9. The predicted molar refractivity (Wildman–Crippen MR) is 114 cm³/mol. The number of hydrogen-bond donors (Lipinski definition) is 3. The van der Waals surface area contributed by atoms with Gasteiger partial charge in [-0.25, -0.2) is 4.99 Å². The van der Waals surface area contributed by atoms with Gasteiger partial charge in [-0.2, -0.15) is 0 Å². The summed E-state index contributed by atoms with van der Waals surface area (Å²) >= 11 is 0. The van der Waals surface area contributed by atoms with Crippen molar-refractivity contribution in [2.45, 2.75) is 45.6 Å². The van der Waals surface area contributed by atoms with Crippen LogP contribution >= 0.6 is 24.0 Å². The van der Waals surface area contributed by atoms with Gasteiger partial charge >= 0.3 is 0 Å². The number of aliphatic imine (C=N–C) groups is 1. The molecular formula is C17H36IN5O2. The van der Waals surface area contributed by atoms with Gasteiger partial charge in [-0.05, 0) is 46.7 Å². The lowest BCUT2D eigenvalue weighted by Gasteiger charge is -2.41. The van der Waals surface area contributed by atoms with E-state index in [1.54, 1.807) is 7.11 Å². The molecule has 1 heterocycles. The van der Waals surface area contributed by atoms with Crippen molar-refractivity contribution in [1.82, 2.24) is 20.9 Å². The van der Waals surface area contributed by atoms with Crippen molar-refractivity contribution in [2.24, 2.45) is 4.99 Å². The van der Waals surface area contributed by atoms with E-state index in [-0.39, 0.29) is 42.0 Å². The highest BCUT2D eigenvalue weighted by Crippen LogP contribution is 2.19. The summed E-state index contributed by atoms with van der Waals surface area (Å²) in [4.78, 5) is 18.6. The Morgan fingerprint density at radius 3 is 2.44 bits per heavy atom. The van der Waals surface area contributed by atoms with E-state index < -0.39 is 0 Å². The summed E-state index contributed by atoms with van der Waals surface area (Å²) in [5, 5.41) is 9.34. The maximum atomic E-state index is 11.7. The number of carbonyl (C=O) groups excluding carboxylic acids is 1. The van der Waals surface area contributed by atoms with E-state index >= 15 is 0 Å². The second kappa shape index (κ2) is 13.6. The topological polar surface area (TPSA) is 78.0 Å². The highest BCUT2D eigenvalue weighted by molar-refractivity contribution is 14.0. The number of piperidine rings is 1. The number of ether oxygens (including phenoxy) is 1. The van der Waals surface area contributed by atoms with E-state index in [0.29, 0.717) is 19.1 Å². The zero-order chi connectivity index (χ0) is 17.8. The fourth-order valence-corrected chi connectivity index (χ4v) is 2.75. The lowest BCUT2D eigenvalue weighted by atomic mass is 9.98. The predicted octanol–water partition coefficient (Wildman–Crippen LogP) is 1.19. The first-order valence-corrected chi connectivity index (χ1v) is 9.02. The van der Waals surface area contributed by atoms with E-state index in [0.717, 1.165) is 26.2 Å². The van der Waals surface area contributed by atoms with Gasteiger partial charge in [0.2, 0.25) is 5.91 Å². The Morgan fingerprint density at radius 1 is 1.16 bits per heavy atom. The minimum absolute atomic E-state index is 0. The molecule has 7 nitrogen and oxygen atoms in total. The van der Waals surface area contributed by atoms with Crippen molar-refractivity contribution < 1.29 is 9.53 Å². The van der Waals surface area contributed by atoms with Crippen molar-refractivity contribution in [2.75, 3.05) is 53.0 Å². The molecule has 0 aliphatic carbocycles. The lowest BCUT2D eigenvalue weighted by molar-refractivity contribution is -0.119. The third-order valence-corrected chi connectivity index (χ3v) is 4.25. The Balaban J connectivity index is 0.00000576. The van der Waals surface area contributed by atoms with Crippen molar-refractivity contribution >= 4 is 35.8 Å². The largest absolute Gasteiger partial charge is 0.383 e. The van der Waals surface area contributed by atoms with Crippen molar-refractivity contribution in [3.8, 4) is 0 Å². The highest BCUT2D eigenvalue weighted by Gasteiger charge is 2.27. The molecule has 0 radical (unpaired) electrons. The van der Waals surface area contributed by atoms with E-state index in [2.05, 4.69) is 39.7 Å². The first kappa shape index (κ1) is 24.4. The molecule has 8 heteroatoms. The van der Waals surface area contributed by atoms with E-state index in [4.69, 9.17) is 4.74 Å². The summed E-state index contributed by atoms with van der Waals surface area (Å²) in [6, 6.07) is 0. The first-order chi connectivity index (χ1) is 11.5. The van der Waals surface area contributed by atoms with Gasteiger partial charge in [-0.15, -0.1) is 24.0 Å².